The highest BCUT2D eigenvalue weighted by atomic mass is 16.5. The largest absolute Gasteiger partial charge is 0.377 e. The summed E-state index contributed by atoms with van der Waals surface area (Å²) in [5.74, 6) is 0.692. The van der Waals surface area contributed by atoms with Gasteiger partial charge in [-0.05, 0) is 32.1 Å². The molecule has 0 bridgehead atoms. The quantitative estimate of drug-likeness (QED) is 0.769. The summed E-state index contributed by atoms with van der Waals surface area (Å²) in [6.07, 6.45) is 4.36. The van der Waals surface area contributed by atoms with E-state index in [9.17, 15) is 4.79 Å². The van der Waals surface area contributed by atoms with Crippen LogP contribution in [0.5, 0.6) is 0 Å². The predicted octanol–water partition coefficient (Wildman–Crippen LogP) is 1.39. The third-order valence-corrected chi connectivity index (χ3v) is 4.32. The van der Waals surface area contributed by atoms with Crippen LogP contribution in [0.4, 0.5) is 0 Å². The van der Waals surface area contributed by atoms with Crippen molar-refractivity contribution in [2.75, 3.05) is 19.7 Å². The van der Waals surface area contributed by atoms with Crippen LogP contribution < -0.4 is 5.73 Å². The van der Waals surface area contributed by atoms with Gasteiger partial charge in [-0.25, -0.2) is 0 Å². The van der Waals surface area contributed by atoms with Crippen molar-refractivity contribution in [2.24, 2.45) is 17.6 Å². The third-order valence-electron chi connectivity index (χ3n) is 4.32. The second-order valence-corrected chi connectivity index (χ2v) is 5.92. The van der Waals surface area contributed by atoms with E-state index in [1.54, 1.807) is 0 Å². The molecule has 1 aliphatic carbocycles. The highest BCUT2D eigenvalue weighted by molar-refractivity contribution is 5.80. The first-order valence-electron chi connectivity index (χ1n) is 7.25. The number of carbonyl (C=O) groups is 1. The fourth-order valence-corrected chi connectivity index (χ4v) is 3.29. The van der Waals surface area contributed by atoms with Gasteiger partial charge in [0.15, 0.2) is 0 Å². The number of hydrogen-bond donors (Lipinski definition) is 1. The molecule has 4 heteroatoms. The Bertz CT molecular complexity index is 286. The molecule has 2 rings (SSSR count). The standard InChI is InChI=1S/C14H26N2O2/c1-10-5-3-6-12(15)13(10)14(17)16-7-4-8-18-11(2)9-16/h10-13H,3-9,15H2,1-2H3. The molecule has 1 saturated carbocycles. The summed E-state index contributed by atoms with van der Waals surface area (Å²) in [4.78, 5) is 14.6. The van der Waals surface area contributed by atoms with Gasteiger partial charge in [0.25, 0.3) is 0 Å². The van der Waals surface area contributed by atoms with Gasteiger partial charge in [-0.1, -0.05) is 13.3 Å². The topological polar surface area (TPSA) is 55.6 Å². The van der Waals surface area contributed by atoms with Crippen molar-refractivity contribution in [1.29, 1.82) is 0 Å². The Hall–Kier alpha value is -0.610. The van der Waals surface area contributed by atoms with Crippen molar-refractivity contribution in [3.8, 4) is 0 Å². The van der Waals surface area contributed by atoms with Crippen LogP contribution in [0.2, 0.25) is 0 Å². The first kappa shape index (κ1) is 13.8. The molecule has 1 amide bonds. The molecule has 4 nitrogen and oxygen atoms in total. The molecule has 0 aromatic carbocycles. The Morgan fingerprint density at radius 2 is 2.06 bits per heavy atom. The van der Waals surface area contributed by atoms with Crippen LogP contribution in [-0.4, -0.2) is 42.6 Å². The Labute approximate surface area is 110 Å². The highest BCUT2D eigenvalue weighted by Gasteiger charge is 2.37. The number of nitrogens with zero attached hydrogens (tertiary/aromatic N) is 1. The van der Waals surface area contributed by atoms with E-state index >= 15 is 0 Å². The summed E-state index contributed by atoms with van der Waals surface area (Å²) in [6.45, 7) is 6.50. The first-order valence-corrected chi connectivity index (χ1v) is 7.25. The van der Waals surface area contributed by atoms with Gasteiger partial charge in [0.05, 0.1) is 12.0 Å². The summed E-state index contributed by atoms with van der Waals surface area (Å²) in [5.41, 5.74) is 6.17. The Balaban J connectivity index is 2.04. The minimum Gasteiger partial charge on any atom is -0.377 e. The molecule has 1 saturated heterocycles. The fourth-order valence-electron chi connectivity index (χ4n) is 3.29. The van der Waals surface area contributed by atoms with Crippen LogP contribution in [0.15, 0.2) is 0 Å². The number of ether oxygens (including phenoxy) is 1. The summed E-state index contributed by atoms with van der Waals surface area (Å²) in [7, 11) is 0. The van der Waals surface area contributed by atoms with E-state index in [1.807, 2.05) is 11.8 Å². The van der Waals surface area contributed by atoms with Crippen molar-refractivity contribution < 1.29 is 9.53 Å². The second-order valence-electron chi connectivity index (χ2n) is 5.92. The number of rotatable bonds is 1. The third kappa shape index (κ3) is 3.04. The zero-order chi connectivity index (χ0) is 13.1. The maximum atomic E-state index is 12.7. The Kier molecular flexibility index (Phi) is 4.62. The van der Waals surface area contributed by atoms with E-state index in [4.69, 9.17) is 10.5 Å². The molecular weight excluding hydrogens is 228 g/mol. The van der Waals surface area contributed by atoms with E-state index in [0.717, 1.165) is 45.4 Å². The van der Waals surface area contributed by atoms with Crippen molar-refractivity contribution in [3.63, 3.8) is 0 Å². The van der Waals surface area contributed by atoms with Crippen LogP contribution in [0.3, 0.4) is 0 Å². The summed E-state index contributed by atoms with van der Waals surface area (Å²) in [6, 6.07) is 0.0423. The lowest BCUT2D eigenvalue weighted by Gasteiger charge is -2.37. The second kappa shape index (κ2) is 6.02. The lowest BCUT2D eigenvalue weighted by Crippen LogP contribution is -2.50. The van der Waals surface area contributed by atoms with Gasteiger partial charge in [-0.2, -0.15) is 0 Å². The summed E-state index contributed by atoms with van der Waals surface area (Å²) >= 11 is 0. The van der Waals surface area contributed by atoms with E-state index in [0.29, 0.717) is 5.92 Å². The zero-order valence-corrected chi connectivity index (χ0v) is 11.6. The van der Waals surface area contributed by atoms with Crippen LogP contribution in [0.1, 0.15) is 39.5 Å². The van der Waals surface area contributed by atoms with E-state index in [1.165, 1.54) is 0 Å². The molecule has 0 radical (unpaired) electrons. The molecule has 0 spiro atoms. The maximum absolute atomic E-state index is 12.7. The predicted molar refractivity (Wildman–Crippen MR) is 71.1 cm³/mol. The number of amides is 1. The maximum Gasteiger partial charge on any atom is 0.227 e. The van der Waals surface area contributed by atoms with E-state index in [2.05, 4.69) is 6.92 Å². The average Bonchev–Trinajstić information content (AvgIpc) is 2.53. The van der Waals surface area contributed by atoms with Gasteiger partial charge in [-0.15, -0.1) is 0 Å². The molecule has 1 heterocycles. The molecule has 0 aromatic heterocycles. The summed E-state index contributed by atoms with van der Waals surface area (Å²) < 4.78 is 5.60. The normalized spacial score (nSPS) is 38.3. The van der Waals surface area contributed by atoms with Gasteiger partial charge in [0.1, 0.15) is 0 Å². The highest BCUT2D eigenvalue weighted by Crippen LogP contribution is 2.30. The van der Waals surface area contributed by atoms with E-state index in [-0.39, 0.29) is 24.0 Å². The summed E-state index contributed by atoms with van der Waals surface area (Å²) in [5, 5.41) is 0. The monoisotopic (exact) mass is 254 g/mol. The van der Waals surface area contributed by atoms with Gasteiger partial charge in [0.2, 0.25) is 5.91 Å². The van der Waals surface area contributed by atoms with E-state index < -0.39 is 0 Å². The molecule has 104 valence electrons. The molecule has 2 fully saturated rings. The van der Waals surface area contributed by atoms with Crippen molar-refractivity contribution in [2.45, 2.75) is 51.7 Å². The minimum atomic E-state index is 0.0176. The zero-order valence-electron chi connectivity index (χ0n) is 11.6. The fraction of sp³-hybridized carbons (Fsp3) is 0.929. The molecule has 2 N–H and O–H groups in total. The first-order chi connectivity index (χ1) is 8.59. The minimum absolute atomic E-state index is 0.0176. The number of carbonyl (C=O) groups excluding carboxylic acids is 1. The average molecular weight is 254 g/mol. The van der Waals surface area contributed by atoms with Crippen molar-refractivity contribution in [3.05, 3.63) is 0 Å². The molecule has 2 aliphatic rings. The van der Waals surface area contributed by atoms with Crippen LogP contribution in [-0.2, 0) is 9.53 Å². The Morgan fingerprint density at radius 1 is 1.28 bits per heavy atom. The van der Waals surface area contributed by atoms with Crippen LogP contribution >= 0.6 is 0 Å². The van der Waals surface area contributed by atoms with Gasteiger partial charge in [0, 0.05) is 25.7 Å². The smallest absolute Gasteiger partial charge is 0.227 e. The van der Waals surface area contributed by atoms with Crippen LogP contribution in [0, 0.1) is 11.8 Å². The van der Waals surface area contributed by atoms with Crippen molar-refractivity contribution in [1.82, 2.24) is 4.90 Å². The van der Waals surface area contributed by atoms with Gasteiger partial charge >= 0.3 is 0 Å². The lowest BCUT2D eigenvalue weighted by molar-refractivity contribution is -0.139. The molecule has 0 aromatic rings. The lowest BCUT2D eigenvalue weighted by atomic mass is 9.76. The van der Waals surface area contributed by atoms with Crippen molar-refractivity contribution >= 4 is 5.91 Å². The molecular formula is C14H26N2O2. The number of nitrogens with two attached hydrogens (primary N) is 1. The van der Waals surface area contributed by atoms with Gasteiger partial charge < -0.3 is 15.4 Å². The molecule has 18 heavy (non-hydrogen) atoms. The van der Waals surface area contributed by atoms with Crippen LogP contribution in [0.25, 0.3) is 0 Å². The number of hydrogen-bond acceptors (Lipinski definition) is 3. The van der Waals surface area contributed by atoms with Gasteiger partial charge in [-0.3, -0.25) is 4.79 Å². The molecule has 4 unspecified atom stereocenters. The molecule has 4 atom stereocenters. The molecule has 1 aliphatic heterocycles. The SMILES string of the molecule is CC1CN(C(=O)C2C(C)CCCC2N)CCCO1. The Morgan fingerprint density at radius 3 is 2.78 bits per heavy atom.